The summed E-state index contributed by atoms with van der Waals surface area (Å²) in [5, 5.41) is 0. The molecule has 13 heavy (non-hydrogen) atoms. The average Bonchev–Trinajstić information content (AvgIpc) is 2.16. The first-order valence-electron chi connectivity index (χ1n) is 4.86. The van der Waals surface area contributed by atoms with E-state index in [0.717, 1.165) is 25.7 Å². The van der Waals surface area contributed by atoms with E-state index in [1.165, 1.54) is 0 Å². The molecule has 1 heteroatoms. The normalized spacial score (nSPS) is 7.85. The standard InChI is InChI=1S/C12H18O/c1-3-5-7-9-11-13-12-10-8-6-4-2/h7-8,11-12H,3-6H2,1-2H3. The number of allylic oxidation sites excluding steroid dienone is 2. The molecular weight excluding hydrogens is 160 g/mol. The minimum Gasteiger partial charge on any atom is -0.456 e. The maximum absolute atomic E-state index is 4.99. The molecule has 0 saturated heterocycles. The van der Waals surface area contributed by atoms with E-state index >= 15 is 0 Å². The third kappa shape index (κ3) is 10.8. The first-order chi connectivity index (χ1) is 6.41. The lowest BCUT2D eigenvalue weighted by Crippen LogP contribution is -1.62. The second kappa shape index (κ2) is 10.8. The summed E-state index contributed by atoms with van der Waals surface area (Å²) in [6, 6.07) is 0. The van der Waals surface area contributed by atoms with Crippen LogP contribution in [0, 0.1) is 0 Å². The van der Waals surface area contributed by atoms with Crippen LogP contribution in [0.5, 0.6) is 0 Å². The second-order valence-electron chi connectivity index (χ2n) is 2.69. The molecule has 0 bridgehead atoms. The smallest absolute Gasteiger partial charge is 0.133 e. The Morgan fingerprint density at radius 2 is 1.38 bits per heavy atom. The van der Waals surface area contributed by atoms with Crippen molar-refractivity contribution in [3.63, 3.8) is 0 Å². The van der Waals surface area contributed by atoms with Crippen molar-refractivity contribution in [3.8, 4) is 0 Å². The topological polar surface area (TPSA) is 9.23 Å². The lowest BCUT2D eigenvalue weighted by molar-refractivity contribution is 0.404. The van der Waals surface area contributed by atoms with Gasteiger partial charge in [0.15, 0.2) is 0 Å². The van der Waals surface area contributed by atoms with Crippen LogP contribution in [0.3, 0.4) is 0 Å². The zero-order chi connectivity index (χ0) is 9.78. The predicted octanol–water partition coefficient (Wildman–Crippen LogP) is 3.94. The van der Waals surface area contributed by atoms with Gasteiger partial charge in [-0.1, -0.05) is 38.2 Å². The molecule has 0 N–H and O–H groups in total. The van der Waals surface area contributed by atoms with Gasteiger partial charge in [0.2, 0.25) is 0 Å². The molecule has 72 valence electrons. The maximum atomic E-state index is 4.99. The van der Waals surface area contributed by atoms with Gasteiger partial charge in [-0.25, -0.2) is 0 Å². The predicted molar refractivity (Wildman–Crippen MR) is 56.2 cm³/mol. The first-order valence-corrected chi connectivity index (χ1v) is 4.86. The van der Waals surface area contributed by atoms with Crippen LogP contribution in [0.4, 0.5) is 0 Å². The largest absolute Gasteiger partial charge is 0.456 e. The summed E-state index contributed by atoms with van der Waals surface area (Å²) < 4.78 is 4.99. The zero-order valence-corrected chi connectivity index (χ0v) is 8.55. The van der Waals surface area contributed by atoms with E-state index in [1.807, 2.05) is 12.2 Å². The van der Waals surface area contributed by atoms with Crippen LogP contribution in [0.2, 0.25) is 0 Å². The van der Waals surface area contributed by atoms with Crippen molar-refractivity contribution in [2.75, 3.05) is 0 Å². The second-order valence-corrected chi connectivity index (χ2v) is 2.69. The molecule has 0 aromatic rings. The van der Waals surface area contributed by atoms with Crippen molar-refractivity contribution in [1.29, 1.82) is 0 Å². The Labute approximate surface area is 81.1 Å². The molecule has 0 unspecified atom stereocenters. The summed E-state index contributed by atoms with van der Waals surface area (Å²) in [4.78, 5) is 0. The molecule has 0 aliphatic carbocycles. The van der Waals surface area contributed by atoms with Crippen LogP contribution < -0.4 is 0 Å². The highest BCUT2D eigenvalue weighted by atomic mass is 16.5. The molecule has 0 heterocycles. The minimum atomic E-state index is 1.05. The van der Waals surface area contributed by atoms with E-state index < -0.39 is 0 Å². The Morgan fingerprint density at radius 3 is 1.77 bits per heavy atom. The van der Waals surface area contributed by atoms with Gasteiger partial charge in [-0.15, -0.1) is 0 Å². The van der Waals surface area contributed by atoms with E-state index in [1.54, 1.807) is 12.5 Å². The number of unbranched alkanes of at least 4 members (excludes halogenated alkanes) is 2. The molecule has 0 atom stereocenters. The average molecular weight is 178 g/mol. The van der Waals surface area contributed by atoms with Crippen molar-refractivity contribution >= 4 is 0 Å². The van der Waals surface area contributed by atoms with E-state index in [2.05, 4.69) is 25.3 Å². The van der Waals surface area contributed by atoms with Gasteiger partial charge in [-0.05, 0) is 25.0 Å². The van der Waals surface area contributed by atoms with Crippen LogP contribution in [-0.4, -0.2) is 0 Å². The number of rotatable bonds is 6. The molecule has 0 aromatic heterocycles. The summed E-state index contributed by atoms with van der Waals surface area (Å²) in [6.07, 6.45) is 11.4. The van der Waals surface area contributed by atoms with Gasteiger partial charge in [-0.3, -0.25) is 0 Å². The van der Waals surface area contributed by atoms with Gasteiger partial charge in [-0.2, -0.15) is 0 Å². The van der Waals surface area contributed by atoms with E-state index in [0.29, 0.717) is 0 Å². The van der Waals surface area contributed by atoms with Crippen molar-refractivity contribution in [1.82, 2.24) is 0 Å². The van der Waals surface area contributed by atoms with Crippen molar-refractivity contribution < 1.29 is 4.74 Å². The minimum absolute atomic E-state index is 1.05. The fourth-order valence-electron chi connectivity index (χ4n) is 0.664. The maximum Gasteiger partial charge on any atom is 0.133 e. The van der Waals surface area contributed by atoms with Gasteiger partial charge < -0.3 is 4.74 Å². The quantitative estimate of drug-likeness (QED) is 0.442. The number of hydrogen-bond donors (Lipinski definition) is 0. The summed E-state index contributed by atoms with van der Waals surface area (Å²) in [7, 11) is 0. The van der Waals surface area contributed by atoms with Gasteiger partial charge in [0, 0.05) is 0 Å². The van der Waals surface area contributed by atoms with E-state index in [4.69, 9.17) is 4.74 Å². The molecule has 0 radical (unpaired) electrons. The molecule has 1 nitrogen and oxygen atoms in total. The molecule has 0 aliphatic heterocycles. The Hall–Kier alpha value is -1.16. The SMILES string of the molecule is CCCC=C=COC=C=CCCC. The highest BCUT2D eigenvalue weighted by Crippen LogP contribution is 1.87. The van der Waals surface area contributed by atoms with Gasteiger partial charge in [0.05, 0.1) is 0 Å². The third-order valence-electron chi connectivity index (χ3n) is 1.37. The van der Waals surface area contributed by atoms with E-state index in [-0.39, 0.29) is 0 Å². The van der Waals surface area contributed by atoms with Gasteiger partial charge >= 0.3 is 0 Å². The summed E-state index contributed by atoms with van der Waals surface area (Å²) >= 11 is 0. The molecule has 0 saturated carbocycles. The molecule has 0 rings (SSSR count). The van der Waals surface area contributed by atoms with E-state index in [9.17, 15) is 0 Å². The number of ether oxygens (including phenoxy) is 1. The van der Waals surface area contributed by atoms with Crippen LogP contribution in [0.25, 0.3) is 0 Å². The Bertz CT molecular complexity index is 189. The van der Waals surface area contributed by atoms with Crippen LogP contribution in [0.1, 0.15) is 39.5 Å². The van der Waals surface area contributed by atoms with Crippen LogP contribution in [-0.2, 0) is 4.74 Å². The fraction of sp³-hybridized carbons (Fsp3) is 0.500. The molecule has 0 aromatic carbocycles. The first kappa shape index (κ1) is 11.8. The lowest BCUT2D eigenvalue weighted by atomic mass is 10.3. The van der Waals surface area contributed by atoms with Crippen molar-refractivity contribution in [2.24, 2.45) is 0 Å². The van der Waals surface area contributed by atoms with Crippen LogP contribution >= 0.6 is 0 Å². The highest BCUT2D eigenvalue weighted by Gasteiger charge is 1.69. The highest BCUT2D eigenvalue weighted by molar-refractivity contribution is 4.83. The number of hydrogen-bond acceptors (Lipinski definition) is 1. The van der Waals surface area contributed by atoms with Crippen molar-refractivity contribution in [3.05, 3.63) is 36.1 Å². The summed E-state index contributed by atoms with van der Waals surface area (Å²) in [5.74, 6) is 0. The molecule has 0 amide bonds. The Morgan fingerprint density at radius 1 is 0.923 bits per heavy atom. The fourth-order valence-corrected chi connectivity index (χ4v) is 0.664. The third-order valence-corrected chi connectivity index (χ3v) is 1.37. The Balaban J connectivity index is 3.53. The molecule has 0 spiro atoms. The van der Waals surface area contributed by atoms with Crippen molar-refractivity contribution in [2.45, 2.75) is 39.5 Å². The molecular formula is C12H18O. The lowest BCUT2D eigenvalue weighted by Gasteiger charge is -1.82. The van der Waals surface area contributed by atoms with Gasteiger partial charge in [0.25, 0.3) is 0 Å². The molecule has 0 aliphatic rings. The summed E-state index contributed by atoms with van der Waals surface area (Å²) in [6.45, 7) is 4.26. The van der Waals surface area contributed by atoms with Gasteiger partial charge in [0.1, 0.15) is 12.5 Å². The zero-order valence-electron chi connectivity index (χ0n) is 8.55. The monoisotopic (exact) mass is 178 g/mol. The van der Waals surface area contributed by atoms with Crippen LogP contribution in [0.15, 0.2) is 36.1 Å². The Kier molecular flexibility index (Phi) is 9.87. The summed E-state index contributed by atoms with van der Waals surface area (Å²) in [5.41, 5.74) is 5.84. The molecule has 0 fully saturated rings.